The predicted molar refractivity (Wildman–Crippen MR) is 75.1 cm³/mol. The van der Waals surface area contributed by atoms with Gasteiger partial charge in [-0.15, -0.1) is 11.3 Å². The Hall–Kier alpha value is -1.07. The number of hydrogen-bond donors (Lipinski definition) is 2. The molecule has 1 aromatic heterocycles. The molecule has 0 saturated carbocycles. The minimum atomic E-state index is -0.434. The van der Waals surface area contributed by atoms with Crippen molar-refractivity contribution >= 4 is 17.4 Å². The lowest BCUT2D eigenvalue weighted by Gasteiger charge is -2.19. The maximum atomic E-state index is 11.3. The molecule has 0 aliphatic carbocycles. The van der Waals surface area contributed by atoms with E-state index < -0.39 is 5.60 Å². The second-order valence-electron chi connectivity index (χ2n) is 5.01. The van der Waals surface area contributed by atoms with E-state index in [1.807, 2.05) is 20.8 Å². The average molecular weight is 270 g/mol. The number of alkyl carbamates (subject to hydrolysis) is 1. The van der Waals surface area contributed by atoms with Crippen molar-refractivity contribution in [2.75, 3.05) is 19.6 Å². The lowest BCUT2D eigenvalue weighted by Crippen LogP contribution is -2.36. The van der Waals surface area contributed by atoms with Crippen molar-refractivity contribution in [2.24, 2.45) is 0 Å². The molecule has 1 amide bonds. The highest BCUT2D eigenvalue weighted by atomic mass is 32.1. The summed E-state index contributed by atoms with van der Waals surface area (Å²) in [5.41, 5.74) is -0.434. The fourth-order valence-electron chi connectivity index (χ4n) is 1.36. The summed E-state index contributed by atoms with van der Waals surface area (Å²) in [5, 5.41) is 8.07. The van der Waals surface area contributed by atoms with E-state index in [0.717, 1.165) is 19.5 Å². The molecule has 0 atom stereocenters. The molecular weight excluding hydrogens is 248 g/mol. The molecule has 2 N–H and O–H groups in total. The summed E-state index contributed by atoms with van der Waals surface area (Å²) in [4.78, 5) is 12.7. The summed E-state index contributed by atoms with van der Waals surface area (Å²) in [6.45, 7) is 7.82. The van der Waals surface area contributed by atoms with Gasteiger partial charge in [-0.05, 0) is 38.6 Å². The van der Waals surface area contributed by atoms with Crippen molar-refractivity contribution in [3.63, 3.8) is 0 Å². The first kappa shape index (κ1) is 15.0. The SMILES string of the molecule is CC(C)(C)OC(=O)NCCNCCc1cccs1. The average Bonchev–Trinajstić information content (AvgIpc) is 2.73. The fraction of sp³-hybridized carbons (Fsp3) is 0.615. The first-order valence-corrected chi connectivity index (χ1v) is 7.05. The Morgan fingerprint density at radius 3 is 2.72 bits per heavy atom. The van der Waals surface area contributed by atoms with E-state index >= 15 is 0 Å². The standard InChI is InChI=1S/C13H22N2O2S/c1-13(2,3)17-12(16)15-9-8-14-7-6-11-5-4-10-18-11/h4-5,10,14H,6-9H2,1-3H3,(H,15,16). The zero-order chi connectivity index (χ0) is 13.4. The number of carbonyl (C=O) groups is 1. The van der Waals surface area contributed by atoms with E-state index in [4.69, 9.17) is 4.74 Å². The topological polar surface area (TPSA) is 50.4 Å². The molecule has 5 heteroatoms. The third-order valence-electron chi connectivity index (χ3n) is 2.10. The minimum Gasteiger partial charge on any atom is -0.444 e. The number of amides is 1. The Balaban J connectivity index is 1.97. The molecule has 0 fully saturated rings. The summed E-state index contributed by atoms with van der Waals surface area (Å²) >= 11 is 1.77. The molecule has 4 nitrogen and oxygen atoms in total. The highest BCUT2D eigenvalue weighted by Gasteiger charge is 2.15. The lowest BCUT2D eigenvalue weighted by atomic mass is 10.2. The smallest absolute Gasteiger partial charge is 0.407 e. The zero-order valence-electron chi connectivity index (χ0n) is 11.3. The molecule has 0 aliphatic rings. The molecular formula is C13H22N2O2S. The fourth-order valence-corrected chi connectivity index (χ4v) is 2.07. The van der Waals surface area contributed by atoms with Gasteiger partial charge in [-0.25, -0.2) is 4.79 Å². The first-order valence-electron chi connectivity index (χ1n) is 6.17. The highest BCUT2D eigenvalue weighted by Crippen LogP contribution is 2.08. The lowest BCUT2D eigenvalue weighted by molar-refractivity contribution is 0.0528. The molecule has 0 aromatic carbocycles. The van der Waals surface area contributed by atoms with Crippen LogP contribution in [-0.4, -0.2) is 31.3 Å². The minimum absolute atomic E-state index is 0.359. The Labute approximate surface area is 113 Å². The van der Waals surface area contributed by atoms with E-state index in [2.05, 4.69) is 28.1 Å². The Bertz CT molecular complexity index is 344. The van der Waals surface area contributed by atoms with Crippen molar-refractivity contribution in [1.29, 1.82) is 0 Å². The van der Waals surface area contributed by atoms with Crippen molar-refractivity contribution < 1.29 is 9.53 Å². The monoisotopic (exact) mass is 270 g/mol. The van der Waals surface area contributed by atoms with Crippen LogP contribution in [0.5, 0.6) is 0 Å². The van der Waals surface area contributed by atoms with E-state index in [9.17, 15) is 4.79 Å². The van der Waals surface area contributed by atoms with Gasteiger partial charge in [0.1, 0.15) is 5.60 Å². The Morgan fingerprint density at radius 1 is 1.33 bits per heavy atom. The number of rotatable bonds is 6. The van der Waals surface area contributed by atoms with Crippen LogP contribution in [0.15, 0.2) is 17.5 Å². The number of carbonyl (C=O) groups excluding carboxylic acids is 1. The van der Waals surface area contributed by atoms with Crippen LogP contribution in [0.2, 0.25) is 0 Å². The van der Waals surface area contributed by atoms with Crippen LogP contribution in [0.25, 0.3) is 0 Å². The molecule has 0 saturated heterocycles. The van der Waals surface area contributed by atoms with Crippen LogP contribution in [0, 0.1) is 0 Å². The molecule has 1 aromatic rings. The van der Waals surface area contributed by atoms with Crippen molar-refractivity contribution in [3.05, 3.63) is 22.4 Å². The quantitative estimate of drug-likeness (QED) is 0.780. The van der Waals surface area contributed by atoms with E-state index in [1.165, 1.54) is 4.88 Å². The predicted octanol–water partition coefficient (Wildman–Crippen LogP) is 2.40. The van der Waals surface area contributed by atoms with E-state index in [1.54, 1.807) is 11.3 Å². The number of hydrogen-bond acceptors (Lipinski definition) is 4. The zero-order valence-corrected chi connectivity index (χ0v) is 12.1. The summed E-state index contributed by atoms with van der Waals surface area (Å²) in [6, 6.07) is 4.19. The summed E-state index contributed by atoms with van der Waals surface area (Å²) in [7, 11) is 0. The molecule has 1 heterocycles. The number of nitrogens with one attached hydrogen (secondary N) is 2. The maximum absolute atomic E-state index is 11.3. The maximum Gasteiger partial charge on any atom is 0.407 e. The second kappa shape index (κ2) is 7.38. The van der Waals surface area contributed by atoms with Crippen LogP contribution in [0.1, 0.15) is 25.6 Å². The largest absolute Gasteiger partial charge is 0.444 e. The van der Waals surface area contributed by atoms with Crippen molar-refractivity contribution in [2.45, 2.75) is 32.8 Å². The van der Waals surface area contributed by atoms with Gasteiger partial charge in [-0.2, -0.15) is 0 Å². The van der Waals surface area contributed by atoms with Gasteiger partial charge in [-0.1, -0.05) is 6.07 Å². The molecule has 0 aliphatic heterocycles. The van der Waals surface area contributed by atoms with Crippen LogP contribution in [-0.2, 0) is 11.2 Å². The Morgan fingerprint density at radius 2 is 2.11 bits per heavy atom. The summed E-state index contributed by atoms with van der Waals surface area (Å²) < 4.78 is 5.13. The number of ether oxygens (including phenoxy) is 1. The van der Waals surface area contributed by atoms with Gasteiger partial charge in [0, 0.05) is 24.5 Å². The van der Waals surface area contributed by atoms with E-state index in [-0.39, 0.29) is 6.09 Å². The number of thiophene rings is 1. The van der Waals surface area contributed by atoms with Gasteiger partial charge in [-0.3, -0.25) is 0 Å². The molecule has 0 spiro atoms. The van der Waals surface area contributed by atoms with Crippen molar-refractivity contribution in [1.82, 2.24) is 10.6 Å². The molecule has 18 heavy (non-hydrogen) atoms. The van der Waals surface area contributed by atoms with Crippen molar-refractivity contribution in [3.8, 4) is 0 Å². The molecule has 0 bridgehead atoms. The van der Waals surface area contributed by atoms with Gasteiger partial charge in [0.25, 0.3) is 0 Å². The van der Waals surface area contributed by atoms with Crippen LogP contribution >= 0.6 is 11.3 Å². The van der Waals surface area contributed by atoms with E-state index in [0.29, 0.717) is 6.54 Å². The molecule has 1 rings (SSSR count). The highest BCUT2D eigenvalue weighted by molar-refractivity contribution is 7.09. The molecule has 0 radical (unpaired) electrons. The molecule has 102 valence electrons. The van der Waals surface area contributed by atoms with Crippen LogP contribution < -0.4 is 10.6 Å². The van der Waals surface area contributed by atoms with Crippen LogP contribution in [0.4, 0.5) is 4.79 Å². The Kier molecular flexibility index (Phi) is 6.15. The van der Waals surface area contributed by atoms with Gasteiger partial charge in [0.2, 0.25) is 0 Å². The van der Waals surface area contributed by atoms with Crippen LogP contribution in [0.3, 0.4) is 0 Å². The third-order valence-corrected chi connectivity index (χ3v) is 3.03. The van der Waals surface area contributed by atoms with Gasteiger partial charge in [0.05, 0.1) is 0 Å². The summed E-state index contributed by atoms with van der Waals surface area (Å²) in [5.74, 6) is 0. The second-order valence-corrected chi connectivity index (χ2v) is 6.04. The van der Waals surface area contributed by atoms with Gasteiger partial charge in [0.15, 0.2) is 0 Å². The van der Waals surface area contributed by atoms with Gasteiger partial charge < -0.3 is 15.4 Å². The normalized spacial score (nSPS) is 11.3. The summed E-state index contributed by atoms with van der Waals surface area (Å²) in [6.07, 6.45) is 0.673. The van der Waals surface area contributed by atoms with Gasteiger partial charge >= 0.3 is 6.09 Å². The molecule has 0 unspecified atom stereocenters. The first-order chi connectivity index (χ1) is 8.47. The third kappa shape index (κ3) is 7.29.